The Hall–Kier alpha value is -0.860. The zero-order chi connectivity index (χ0) is 10.8. The van der Waals surface area contributed by atoms with Crippen LogP contribution in [0.3, 0.4) is 0 Å². The minimum absolute atomic E-state index is 0.0138. The predicted molar refractivity (Wildman–Crippen MR) is 59.3 cm³/mol. The first kappa shape index (κ1) is 11.2. The normalized spacial score (nSPS) is 15.2. The molecule has 0 radical (unpaired) electrons. The van der Waals surface area contributed by atoms with Crippen molar-refractivity contribution in [1.29, 1.82) is 0 Å². The number of rotatable bonds is 3. The molecule has 1 aromatic carbocycles. The van der Waals surface area contributed by atoms with Crippen LogP contribution in [0.5, 0.6) is 0 Å². The van der Waals surface area contributed by atoms with E-state index in [4.69, 9.17) is 10.8 Å². The van der Waals surface area contributed by atoms with Crippen molar-refractivity contribution < 1.29 is 5.11 Å². The minimum atomic E-state index is -0.512. The van der Waals surface area contributed by atoms with Crippen molar-refractivity contribution in [3.8, 4) is 0 Å². The Bertz CT molecular complexity index is 318. The van der Waals surface area contributed by atoms with Gasteiger partial charge in [0.05, 0.1) is 6.61 Å². The van der Waals surface area contributed by atoms with E-state index in [1.165, 1.54) is 16.7 Å². The van der Waals surface area contributed by atoms with Gasteiger partial charge in [0.15, 0.2) is 0 Å². The molecule has 1 aromatic rings. The van der Waals surface area contributed by atoms with E-state index in [0.717, 1.165) is 0 Å². The summed E-state index contributed by atoms with van der Waals surface area (Å²) in [6, 6.07) is 6.30. The molecule has 0 aliphatic rings. The number of aryl methyl sites for hydroxylation is 2. The molecule has 0 aliphatic heterocycles. The summed E-state index contributed by atoms with van der Waals surface area (Å²) in [6.45, 7) is 6.06. The third kappa shape index (κ3) is 2.82. The maximum Gasteiger partial charge on any atom is 0.0611 e. The van der Waals surface area contributed by atoms with Gasteiger partial charge in [0.1, 0.15) is 0 Å². The van der Waals surface area contributed by atoms with Gasteiger partial charge in [-0.1, -0.05) is 18.2 Å². The van der Waals surface area contributed by atoms with Gasteiger partial charge in [-0.25, -0.2) is 0 Å². The molecule has 0 fully saturated rings. The second-order valence-electron chi connectivity index (χ2n) is 4.41. The average molecular weight is 193 g/mol. The fourth-order valence-corrected chi connectivity index (χ4v) is 1.44. The molecule has 0 saturated heterocycles. The third-order valence-electron chi connectivity index (χ3n) is 2.54. The Labute approximate surface area is 85.8 Å². The molecule has 0 saturated carbocycles. The SMILES string of the molecule is Cc1ccc(CC(C)(N)CO)cc1C. The lowest BCUT2D eigenvalue weighted by Gasteiger charge is -2.22. The van der Waals surface area contributed by atoms with E-state index in [-0.39, 0.29) is 6.61 Å². The van der Waals surface area contributed by atoms with E-state index in [0.29, 0.717) is 6.42 Å². The molecule has 0 bridgehead atoms. The lowest BCUT2D eigenvalue weighted by atomic mass is 9.93. The van der Waals surface area contributed by atoms with Crippen molar-refractivity contribution >= 4 is 0 Å². The summed E-state index contributed by atoms with van der Waals surface area (Å²) < 4.78 is 0. The minimum Gasteiger partial charge on any atom is -0.394 e. The van der Waals surface area contributed by atoms with Gasteiger partial charge in [0.2, 0.25) is 0 Å². The van der Waals surface area contributed by atoms with E-state index in [2.05, 4.69) is 32.0 Å². The second kappa shape index (κ2) is 4.11. The molecule has 3 N–H and O–H groups in total. The second-order valence-corrected chi connectivity index (χ2v) is 4.41. The highest BCUT2D eigenvalue weighted by Crippen LogP contribution is 2.14. The van der Waals surface area contributed by atoms with Crippen molar-refractivity contribution in [2.45, 2.75) is 32.7 Å². The Morgan fingerprint density at radius 2 is 1.93 bits per heavy atom. The highest BCUT2D eigenvalue weighted by Gasteiger charge is 2.17. The summed E-state index contributed by atoms with van der Waals surface area (Å²) in [5, 5.41) is 9.05. The topological polar surface area (TPSA) is 46.2 Å². The number of aliphatic hydroxyl groups is 1. The van der Waals surface area contributed by atoms with Crippen LogP contribution in [0.2, 0.25) is 0 Å². The van der Waals surface area contributed by atoms with Gasteiger partial charge in [-0.2, -0.15) is 0 Å². The zero-order valence-corrected chi connectivity index (χ0v) is 9.17. The van der Waals surface area contributed by atoms with E-state index in [9.17, 15) is 0 Å². The molecule has 2 nitrogen and oxygen atoms in total. The van der Waals surface area contributed by atoms with E-state index in [1.807, 2.05) is 6.92 Å². The predicted octanol–water partition coefficient (Wildman–Crippen LogP) is 1.56. The maximum absolute atomic E-state index is 9.05. The highest BCUT2D eigenvalue weighted by atomic mass is 16.3. The van der Waals surface area contributed by atoms with Crippen molar-refractivity contribution in [3.63, 3.8) is 0 Å². The van der Waals surface area contributed by atoms with Crippen molar-refractivity contribution in [2.75, 3.05) is 6.61 Å². The summed E-state index contributed by atoms with van der Waals surface area (Å²) in [5.74, 6) is 0. The first-order valence-electron chi connectivity index (χ1n) is 4.90. The van der Waals surface area contributed by atoms with E-state index >= 15 is 0 Å². The van der Waals surface area contributed by atoms with Crippen molar-refractivity contribution in [3.05, 3.63) is 34.9 Å². The van der Waals surface area contributed by atoms with Crippen LogP contribution in [0.4, 0.5) is 0 Å². The van der Waals surface area contributed by atoms with Gasteiger partial charge in [-0.15, -0.1) is 0 Å². The molecule has 0 aliphatic carbocycles. The summed E-state index contributed by atoms with van der Waals surface area (Å²) >= 11 is 0. The van der Waals surface area contributed by atoms with Crippen LogP contribution in [0, 0.1) is 13.8 Å². The summed E-state index contributed by atoms with van der Waals surface area (Å²) in [4.78, 5) is 0. The molecule has 1 rings (SSSR count). The zero-order valence-electron chi connectivity index (χ0n) is 9.17. The molecule has 0 heterocycles. The molecule has 0 aromatic heterocycles. The van der Waals surface area contributed by atoms with E-state index < -0.39 is 5.54 Å². The standard InChI is InChI=1S/C12H19NO/c1-9-4-5-11(6-10(9)2)7-12(3,13)8-14/h4-6,14H,7-8,13H2,1-3H3. The van der Waals surface area contributed by atoms with Gasteiger partial charge in [0.25, 0.3) is 0 Å². The van der Waals surface area contributed by atoms with Gasteiger partial charge in [0, 0.05) is 5.54 Å². The molecule has 1 unspecified atom stereocenters. The smallest absolute Gasteiger partial charge is 0.0611 e. The Balaban J connectivity index is 2.83. The van der Waals surface area contributed by atoms with Gasteiger partial charge >= 0.3 is 0 Å². The first-order valence-corrected chi connectivity index (χ1v) is 4.90. The molecule has 14 heavy (non-hydrogen) atoms. The summed E-state index contributed by atoms with van der Waals surface area (Å²) in [6.07, 6.45) is 0.713. The maximum atomic E-state index is 9.05. The number of aliphatic hydroxyl groups excluding tert-OH is 1. The molecule has 0 amide bonds. The largest absolute Gasteiger partial charge is 0.394 e. The highest BCUT2D eigenvalue weighted by molar-refractivity contribution is 5.30. The first-order chi connectivity index (χ1) is 6.44. The van der Waals surface area contributed by atoms with Crippen LogP contribution >= 0.6 is 0 Å². The number of hydrogen-bond donors (Lipinski definition) is 2. The van der Waals surface area contributed by atoms with Crippen LogP contribution < -0.4 is 5.73 Å². The van der Waals surface area contributed by atoms with Crippen LogP contribution in [-0.4, -0.2) is 17.3 Å². The lowest BCUT2D eigenvalue weighted by molar-refractivity contribution is 0.208. The molecule has 1 atom stereocenters. The molecular weight excluding hydrogens is 174 g/mol. The fraction of sp³-hybridized carbons (Fsp3) is 0.500. The number of benzene rings is 1. The number of hydrogen-bond acceptors (Lipinski definition) is 2. The Morgan fingerprint density at radius 3 is 2.43 bits per heavy atom. The van der Waals surface area contributed by atoms with Gasteiger partial charge < -0.3 is 10.8 Å². The van der Waals surface area contributed by atoms with Crippen LogP contribution in [-0.2, 0) is 6.42 Å². The van der Waals surface area contributed by atoms with Crippen LogP contribution in [0.1, 0.15) is 23.6 Å². The quantitative estimate of drug-likeness (QED) is 0.765. The van der Waals surface area contributed by atoms with Crippen molar-refractivity contribution in [1.82, 2.24) is 0 Å². The molecule has 78 valence electrons. The van der Waals surface area contributed by atoms with Crippen LogP contribution in [0.15, 0.2) is 18.2 Å². The molecule has 0 spiro atoms. The van der Waals surface area contributed by atoms with Gasteiger partial charge in [-0.05, 0) is 43.9 Å². The average Bonchev–Trinajstić information content (AvgIpc) is 2.11. The fourth-order valence-electron chi connectivity index (χ4n) is 1.44. The monoisotopic (exact) mass is 193 g/mol. The van der Waals surface area contributed by atoms with Crippen LogP contribution in [0.25, 0.3) is 0 Å². The summed E-state index contributed by atoms with van der Waals surface area (Å²) in [5.41, 5.74) is 9.12. The number of nitrogens with two attached hydrogens (primary N) is 1. The third-order valence-corrected chi connectivity index (χ3v) is 2.54. The molecule has 2 heteroatoms. The lowest BCUT2D eigenvalue weighted by Crippen LogP contribution is -2.42. The van der Waals surface area contributed by atoms with Gasteiger partial charge in [-0.3, -0.25) is 0 Å². The van der Waals surface area contributed by atoms with Crippen molar-refractivity contribution in [2.24, 2.45) is 5.73 Å². The van der Waals surface area contributed by atoms with E-state index in [1.54, 1.807) is 0 Å². The summed E-state index contributed by atoms with van der Waals surface area (Å²) in [7, 11) is 0. The Morgan fingerprint density at radius 1 is 1.29 bits per heavy atom. The Kier molecular flexibility index (Phi) is 3.29. The molecular formula is C12H19NO.